The van der Waals surface area contributed by atoms with Gasteiger partial charge < -0.3 is 9.84 Å². The van der Waals surface area contributed by atoms with E-state index in [0.29, 0.717) is 11.6 Å². The smallest absolute Gasteiger partial charge is 0.304 e. The van der Waals surface area contributed by atoms with Gasteiger partial charge in [0.1, 0.15) is 0 Å². The zero-order valence-electron chi connectivity index (χ0n) is 9.70. The van der Waals surface area contributed by atoms with Crippen molar-refractivity contribution in [2.24, 2.45) is 0 Å². The molecule has 2 rings (SSSR count). The van der Waals surface area contributed by atoms with E-state index in [2.05, 4.69) is 0 Å². The number of halogens is 1. The summed E-state index contributed by atoms with van der Waals surface area (Å²) in [6.07, 6.45) is 2.05. The maximum atomic E-state index is 10.8. The first-order valence-corrected chi connectivity index (χ1v) is 5.95. The van der Waals surface area contributed by atoms with Crippen molar-refractivity contribution < 1.29 is 14.6 Å². The Kier molecular flexibility index (Phi) is 3.40. The third-order valence-corrected chi connectivity index (χ3v) is 3.66. The van der Waals surface area contributed by atoms with E-state index in [9.17, 15) is 4.79 Å². The average molecular weight is 255 g/mol. The molecule has 92 valence electrons. The van der Waals surface area contributed by atoms with Crippen LogP contribution in [0.4, 0.5) is 0 Å². The highest BCUT2D eigenvalue weighted by Crippen LogP contribution is 2.51. The molecule has 1 aliphatic rings. The maximum absolute atomic E-state index is 10.8. The van der Waals surface area contributed by atoms with Gasteiger partial charge in [0.05, 0.1) is 13.0 Å². The first-order valence-electron chi connectivity index (χ1n) is 5.57. The predicted molar refractivity (Wildman–Crippen MR) is 65.3 cm³/mol. The second-order valence-electron chi connectivity index (χ2n) is 4.59. The lowest BCUT2D eigenvalue weighted by Crippen LogP contribution is -2.13. The molecule has 1 saturated carbocycles. The minimum Gasteiger partial charge on any atom is -0.481 e. The lowest BCUT2D eigenvalue weighted by molar-refractivity contribution is -0.137. The van der Waals surface area contributed by atoms with Crippen molar-refractivity contribution in [3.05, 3.63) is 34.3 Å². The minimum atomic E-state index is -0.750. The molecule has 0 aliphatic heterocycles. The van der Waals surface area contributed by atoms with E-state index >= 15 is 0 Å². The van der Waals surface area contributed by atoms with Gasteiger partial charge in [-0.15, -0.1) is 0 Å². The van der Waals surface area contributed by atoms with Gasteiger partial charge in [-0.25, -0.2) is 0 Å². The van der Waals surface area contributed by atoms with Crippen LogP contribution in [0.25, 0.3) is 0 Å². The van der Waals surface area contributed by atoms with Crippen LogP contribution in [0.1, 0.15) is 30.4 Å². The molecule has 0 saturated heterocycles. The van der Waals surface area contributed by atoms with Crippen LogP contribution in [0.15, 0.2) is 18.2 Å². The van der Waals surface area contributed by atoms with E-state index in [1.165, 1.54) is 0 Å². The number of hydrogen-bond acceptors (Lipinski definition) is 2. The normalized spacial score (nSPS) is 16.8. The molecule has 17 heavy (non-hydrogen) atoms. The van der Waals surface area contributed by atoms with Crippen molar-refractivity contribution in [1.82, 2.24) is 0 Å². The Morgan fingerprint density at radius 3 is 2.71 bits per heavy atom. The van der Waals surface area contributed by atoms with Crippen molar-refractivity contribution in [2.75, 3.05) is 7.11 Å². The summed E-state index contributed by atoms with van der Waals surface area (Å²) in [7, 11) is 1.62. The second-order valence-corrected chi connectivity index (χ2v) is 5.00. The third kappa shape index (κ3) is 2.61. The maximum Gasteiger partial charge on any atom is 0.304 e. The van der Waals surface area contributed by atoms with E-state index in [4.69, 9.17) is 21.4 Å². The van der Waals surface area contributed by atoms with Crippen LogP contribution < -0.4 is 0 Å². The molecular formula is C13H15ClO3. The predicted octanol–water partition coefficient (Wildman–Crippen LogP) is 2.99. The van der Waals surface area contributed by atoms with E-state index in [0.717, 1.165) is 24.0 Å². The van der Waals surface area contributed by atoms with Crippen LogP contribution in [0.2, 0.25) is 5.02 Å². The molecular weight excluding hydrogens is 240 g/mol. The Bertz CT molecular complexity index is 438. The van der Waals surface area contributed by atoms with Gasteiger partial charge in [-0.3, -0.25) is 4.79 Å². The van der Waals surface area contributed by atoms with Gasteiger partial charge in [0.15, 0.2) is 0 Å². The van der Waals surface area contributed by atoms with Crippen molar-refractivity contribution >= 4 is 17.6 Å². The number of benzene rings is 1. The molecule has 4 heteroatoms. The van der Waals surface area contributed by atoms with Gasteiger partial charge in [-0.2, -0.15) is 0 Å². The molecule has 1 N–H and O–H groups in total. The average Bonchev–Trinajstić information content (AvgIpc) is 3.01. The van der Waals surface area contributed by atoms with Crippen LogP contribution in [0, 0.1) is 0 Å². The van der Waals surface area contributed by atoms with Gasteiger partial charge in [0.2, 0.25) is 0 Å². The van der Waals surface area contributed by atoms with Gasteiger partial charge in [0.25, 0.3) is 0 Å². The van der Waals surface area contributed by atoms with Gasteiger partial charge in [-0.1, -0.05) is 23.7 Å². The van der Waals surface area contributed by atoms with E-state index < -0.39 is 5.97 Å². The first kappa shape index (κ1) is 12.4. The molecule has 0 bridgehead atoms. The second kappa shape index (κ2) is 4.67. The number of hydrogen-bond donors (Lipinski definition) is 1. The molecule has 0 atom stereocenters. The van der Waals surface area contributed by atoms with Gasteiger partial charge >= 0.3 is 5.97 Å². The molecule has 0 radical (unpaired) electrons. The van der Waals surface area contributed by atoms with Crippen LogP contribution in [-0.2, 0) is 21.6 Å². The van der Waals surface area contributed by atoms with Crippen molar-refractivity contribution in [3.63, 3.8) is 0 Å². The number of methoxy groups -OCH3 is 1. The van der Waals surface area contributed by atoms with Crippen LogP contribution in [-0.4, -0.2) is 18.2 Å². The summed E-state index contributed by atoms with van der Waals surface area (Å²) >= 11 is 6.15. The summed E-state index contributed by atoms with van der Waals surface area (Å²) in [5.41, 5.74) is 1.79. The van der Waals surface area contributed by atoms with Gasteiger partial charge in [0, 0.05) is 17.5 Å². The summed E-state index contributed by atoms with van der Waals surface area (Å²) in [5, 5.41) is 9.56. The van der Waals surface area contributed by atoms with Crippen molar-refractivity contribution in [3.8, 4) is 0 Å². The minimum absolute atomic E-state index is 0.179. The van der Waals surface area contributed by atoms with E-state index in [1.54, 1.807) is 7.11 Å². The Morgan fingerprint density at radius 2 is 2.24 bits per heavy atom. The molecule has 0 aromatic heterocycles. The molecule has 1 fully saturated rings. The zero-order chi connectivity index (χ0) is 12.5. The number of aliphatic carboxylic acids is 1. The third-order valence-electron chi connectivity index (χ3n) is 3.31. The molecule has 1 aliphatic carbocycles. The Balaban J connectivity index is 2.23. The molecule has 0 unspecified atom stereocenters. The summed E-state index contributed by atoms with van der Waals surface area (Å²) in [6.45, 7) is 0.477. The van der Waals surface area contributed by atoms with Crippen LogP contribution in [0.5, 0.6) is 0 Å². The largest absolute Gasteiger partial charge is 0.481 e. The summed E-state index contributed by atoms with van der Waals surface area (Å²) in [6, 6.07) is 5.77. The molecule has 0 heterocycles. The highest BCUT2D eigenvalue weighted by atomic mass is 35.5. The SMILES string of the molecule is COCc1ccc(C2(CC(=O)O)CC2)cc1Cl. The number of carbonyl (C=O) groups is 1. The lowest BCUT2D eigenvalue weighted by Gasteiger charge is -2.14. The summed E-state index contributed by atoms with van der Waals surface area (Å²) in [5.74, 6) is -0.750. The lowest BCUT2D eigenvalue weighted by atomic mass is 9.92. The fourth-order valence-corrected chi connectivity index (χ4v) is 2.39. The quantitative estimate of drug-likeness (QED) is 0.879. The molecule has 3 nitrogen and oxygen atoms in total. The van der Waals surface area contributed by atoms with Crippen LogP contribution in [0.3, 0.4) is 0 Å². The fraction of sp³-hybridized carbons (Fsp3) is 0.462. The van der Waals surface area contributed by atoms with Crippen LogP contribution >= 0.6 is 11.6 Å². The highest BCUT2D eigenvalue weighted by molar-refractivity contribution is 6.31. The first-order chi connectivity index (χ1) is 8.07. The Labute approximate surface area is 105 Å². The molecule has 1 aromatic carbocycles. The Hall–Kier alpha value is -1.06. The van der Waals surface area contributed by atoms with E-state index in [1.807, 2.05) is 18.2 Å². The monoisotopic (exact) mass is 254 g/mol. The standard InChI is InChI=1S/C13H15ClO3/c1-17-8-9-2-3-10(6-11(9)14)13(4-5-13)7-12(15)16/h2-3,6H,4-5,7-8H2,1H3,(H,15,16). The number of rotatable bonds is 5. The highest BCUT2D eigenvalue weighted by Gasteiger charge is 2.46. The number of ether oxygens (including phenoxy) is 1. The fourth-order valence-electron chi connectivity index (χ4n) is 2.16. The van der Waals surface area contributed by atoms with E-state index in [-0.39, 0.29) is 11.8 Å². The topological polar surface area (TPSA) is 46.5 Å². The van der Waals surface area contributed by atoms with Gasteiger partial charge in [-0.05, 0) is 30.0 Å². The van der Waals surface area contributed by atoms with Crippen molar-refractivity contribution in [2.45, 2.75) is 31.3 Å². The Morgan fingerprint density at radius 1 is 1.53 bits per heavy atom. The van der Waals surface area contributed by atoms with Crippen molar-refractivity contribution in [1.29, 1.82) is 0 Å². The molecule has 1 aromatic rings. The zero-order valence-corrected chi connectivity index (χ0v) is 10.5. The number of carboxylic acids is 1. The summed E-state index contributed by atoms with van der Waals surface area (Å²) in [4.78, 5) is 10.8. The summed E-state index contributed by atoms with van der Waals surface area (Å²) < 4.78 is 5.04. The molecule has 0 spiro atoms. The molecule has 0 amide bonds. The number of carboxylic acid groups (broad SMARTS) is 1.